The highest BCUT2D eigenvalue weighted by Gasteiger charge is 2.13. The number of hydrogen-bond donors (Lipinski definition) is 0. The van der Waals surface area contributed by atoms with Crippen LogP contribution in [0.5, 0.6) is 5.75 Å². The Morgan fingerprint density at radius 1 is 0.931 bits per heavy atom. The normalized spacial score (nSPS) is 10.7. The topological polar surface area (TPSA) is 86.5 Å². The number of nitro benzene ring substituents is 1. The van der Waals surface area contributed by atoms with Crippen molar-refractivity contribution < 1.29 is 19.2 Å². The number of ether oxygens (including phenoxy) is 1. The van der Waals surface area contributed by atoms with Crippen LogP contribution >= 0.6 is 11.6 Å². The molecule has 0 aliphatic rings. The van der Waals surface area contributed by atoms with Gasteiger partial charge in [-0.1, -0.05) is 35.9 Å². The Bertz CT molecular complexity index is 1110. The van der Waals surface area contributed by atoms with Crippen molar-refractivity contribution >= 4 is 35.1 Å². The summed E-state index contributed by atoms with van der Waals surface area (Å²) in [4.78, 5) is 34.7. The molecule has 0 N–H and O–H groups in total. The Morgan fingerprint density at radius 3 is 2.38 bits per heavy atom. The van der Waals surface area contributed by atoms with Gasteiger partial charge in [-0.3, -0.25) is 14.9 Å². The number of rotatable bonds is 6. The molecule has 3 aromatic carbocycles. The smallest absolute Gasteiger partial charge is 0.343 e. The van der Waals surface area contributed by atoms with E-state index in [1.165, 1.54) is 24.3 Å². The number of carbonyl (C=O) groups is 2. The van der Waals surface area contributed by atoms with Crippen LogP contribution in [0.4, 0.5) is 5.69 Å². The van der Waals surface area contributed by atoms with Crippen LogP contribution in [0.15, 0.2) is 78.9 Å². The summed E-state index contributed by atoms with van der Waals surface area (Å²) in [6.45, 7) is 0. The minimum Gasteiger partial charge on any atom is -0.423 e. The fourth-order valence-corrected chi connectivity index (χ4v) is 2.60. The van der Waals surface area contributed by atoms with Crippen molar-refractivity contribution in [3.05, 3.63) is 111 Å². The lowest BCUT2D eigenvalue weighted by Crippen LogP contribution is -2.08. The molecule has 0 atom stereocenters. The lowest BCUT2D eigenvalue weighted by molar-refractivity contribution is -0.384. The molecule has 0 heterocycles. The second-order valence-electron chi connectivity index (χ2n) is 5.97. The van der Waals surface area contributed by atoms with Crippen LogP contribution in [-0.4, -0.2) is 16.7 Å². The van der Waals surface area contributed by atoms with E-state index < -0.39 is 10.9 Å². The largest absolute Gasteiger partial charge is 0.423 e. The van der Waals surface area contributed by atoms with Gasteiger partial charge in [-0.05, 0) is 54.1 Å². The molecule has 0 aromatic heterocycles. The summed E-state index contributed by atoms with van der Waals surface area (Å²) in [5.74, 6) is -0.657. The summed E-state index contributed by atoms with van der Waals surface area (Å²) in [5.41, 5.74) is 1.02. The molecule has 0 saturated heterocycles. The summed E-state index contributed by atoms with van der Waals surface area (Å²) < 4.78 is 5.29. The van der Waals surface area contributed by atoms with Gasteiger partial charge in [0.2, 0.25) is 0 Å². The number of esters is 1. The van der Waals surface area contributed by atoms with Gasteiger partial charge in [0.1, 0.15) is 5.75 Å². The summed E-state index contributed by atoms with van der Waals surface area (Å²) in [7, 11) is 0. The average molecular weight is 408 g/mol. The minimum absolute atomic E-state index is 0.0676. The van der Waals surface area contributed by atoms with Crippen molar-refractivity contribution in [3.63, 3.8) is 0 Å². The van der Waals surface area contributed by atoms with Gasteiger partial charge in [0.25, 0.3) is 5.69 Å². The molecular weight excluding hydrogens is 394 g/mol. The first-order chi connectivity index (χ1) is 13.9. The number of carbonyl (C=O) groups excluding carboxylic acids is 2. The molecule has 0 aliphatic carbocycles. The Labute approximate surface area is 171 Å². The summed E-state index contributed by atoms with van der Waals surface area (Å²) in [6, 6.07) is 18.4. The van der Waals surface area contributed by atoms with E-state index >= 15 is 0 Å². The highest BCUT2D eigenvalue weighted by atomic mass is 35.5. The van der Waals surface area contributed by atoms with Crippen LogP contribution in [-0.2, 0) is 0 Å². The molecule has 0 fully saturated rings. The van der Waals surface area contributed by atoms with Crippen LogP contribution in [0.2, 0.25) is 5.02 Å². The second-order valence-corrected chi connectivity index (χ2v) is 6.41. The van der Waals surface area contributed by atoms with Gasteiger partial charge in [0.05, 0.1) is 10.5 Å². The molecule has 0 saturated carbocycles. The van der Waals surface area contributed by atoms with Crippen molar-refractivity contribution in [2.24, 2.45) is 0 Å². The van der Waals surface area contributed by atoms with Crippen molar-refractivity contribution in [1.29, 1.82) is 0 Å². The molecule has 0 aliphatic heterocycles. The quantitative estimate of drug-likeness (QED) is 0.137. The van der Waals surface area contributed by atoms with Crippen molar-refractivity contribution in [1.82, 2.24) is 0 Å². The van der Waals surface area contributed by atoms with Crippen molar-refractivity contribution in [2.45, 2.75) is 0 Å². The SMILES string of the molecule is O=C(C=Cc1cccc(OC(=O)c2cccc([N+](=O)[O-])c2)c1)c1ccc(Cl)cc1. The Morgan fingerprint density at radius 2 is 1.66 bits per heavy atom. The molecule has 0 bridgehead atoms. The highest BCUT2D eigenvalue weighted by molar-refractivity contribution is 6.30. The maximum absolute atomic E-state index is 12.3. The Balaban J connectivity index is 1.71. The molecular formula is C22H14ClNO5. The van der Waals surface area contributed by atoms with E-state index in [1.54, 1.807) is 54.6 Å². The van der Waals surface area contributed by atoms with Crippen LogP contribution in [0.3, 0.4) is 0 Å². The number of halogens is 1. The first kappa shape index (κ1) is 20.0. The van der Waals surface area contributed by atoms with Crippen molar-refractivity contribution in [3.8, 4) is 5.75 Å². The maximum atomic E-state index is 12.3. The number of nitrogens with zero attached hydrogens (tertiary/aromatic N) is 1. The van der Waals surface area contributed by atoms with Gasteiger partial charge in [-0.25, -0.2) is 4.79 Å². The van der Waals surface area contributed by atoms with Crippen molar-refractivity contribution in [2.75, 3.05) is 0 Å². The molecule has 3 rings (SSSR count). The van der Waals surface area contributed by atoms with E-state index in [0.29, 0.717) is 16.1 Å². The molecule has 0 radical (unpaired) electrons. The van der Waals surface area contributed by atoms with Gasteiger partial charge < -0.3 is 4.74 Å². The first-order valence-electron chi connectivity index (χ1n) is 8.47. The second kappa shape index (κ2) is 8.95. The molecule has 0 unspecified atom stereocenters. The van der Waals surface area contributed by atoms with Gasteiger partial charge in [0.15, 0.2) is 5.78 Å². The van der Waals surface area contributed by atoms with E-state index in [9.17, 15) is 19.7 Å². The number of nitro groups is 1. The third-order valence-corrected chi connectivity index (χ3v) is 4.17. The first-order valence-corrected chi connectivity index (χ1v) is 8.85. The zero-order valence-electron chi connectivity index (χ0n) is 14.9. The number of benzene rings is 3. The number of ketones is 1. The summed E-state index contributed by atoms with van der Waals surface area (Å²) in [6.07, 6.45) is 3.01. The van der Waals surface area contributed by atoms with Gasteiger partial charge >= 0.3 is 5.97 Å². The molecule has 29 heavy (non-hydrogen) atoms. The zero-order chi connectivity index (χ0) is 20.8. The lowest BCUT2D eigenvalue weighted by Gasteiger charge is -2.05. The van der Waals surface area contributed by atoms with E-state index in [1.807, 2.05) is 0 Å². The molecule has 0 amide bonds. The summed E-state index contributed by atoms with van der Waals surface area (Å²) in [5, 5.41) is 11.4. The molecule has 6 nitrogen and oxygen atoms in total. The summed E-state index contributed by atoms with van der Waals surface area (Å²) >= 11 is 5.81. The lowest BCUT2D eigenvalue weighted by atomic mass is 10.1. The minimum atomic E-state index is -0.716. The molecule has 3 aromatic rings. The van der Waals surface area contributed by atoms with E-state index in [-0.39, 0.29) is 22.8 Å². The van der Waals surface area contributed by atoms with E-state index in [0.717, 1.165) is 6.07 Å². The predicted octanol–water partition coefficient (Wildman–Crippen LogP) is 5.36. The average Bonchev–Trinajstić information content (AvgIpc) is 2.73. The van der Waals surface area contributed by atoms with Crippen LogP contribution in [0.25, 0.3) is 6.08 Å². The standard InChI is InChI=1S/C22H14ClNO5/c23-18-10-8-16(9-11-18)21(25)12-7-15-3-1-6-20(13-15)29-22(26)17-4-2-5-19(14-17)24(27)28/h1-14H. The highest BCUT2D eigenvalue weighted by Crippen LogP contribution is 2.19. The third kappa shape index (κ3) is 5.37. The fourth-order valence-electron chi connectivity index (χ4n) is 2.48. The van der Waals surface area contributed by atoms with Crippen LogP contribution in [0, 0.1) is 10.1 Å². The number of non-ortho nitro benzene ring substituents is 1. The zero-order valence-corrected chi connectivity index (χ0v) is 15.7. The molecule has 144 valence electrons. The monoisotopic (exact) mass is 407 g/mol. The number of hydrogen-bond acceptors (Lipinski definition) is 5. The van der Waals surface area contributed by atoms with Crippen LogP contribution in [0.1, 0.15) is 26.3 Å². The molecule has 7 heteroatoms. The van der Waals surface area contributed by atoms with Gasteiger partial charge in [0, 0.05) is 22.7 Å². The third-order valence-electron chi connectivity index (χ3n) is 3.92. The Hall–Kier alpha value is -3.77. The fraction of sp³-hybridized carbons (Fsp3) is 0. The number of allylic oxidation sites excluding steroid dienone is 1. The van der Waals surface area contributed by atoms with Crippen LogP contribution < -0.4 is 4.74 Å². The van der Waals surface area contributed by atoms with E-state index in [2.05, 4.69) is 0 Å². The predicted molar refractivity (Wildman–Crippen MR) is 109 cm³/mol. The van der Waals surface area contributed by atoms with E-state index in [4.69, 9.17) is 16.3 Å². The Kier molecular flexibility index (Phi) is 6.16. The van der Waals surface area contributed by atoms with Gasteiger partial charge in [-0.15, -0.1) is 0 Å². The molecule has 0 spiro atoms. The maximum Gasteiger partial charge on any atom is 0.343 e. The van der Waals surface area contributed by atoms with Gasteiger partial charge in [-0.2, -0.15) is 0 Å².